The van der Waals surface area contributed by atoms with Crippen LogP contribution >= 0.6 is 7.14 Å². The zero-order chi connectivity index (χ0) is 33.1. The number of carboxylic acids is 3. The summed E-state index contributed by atoms with van der Waals surface area (Å²) in [5, 5.41) is 29.6. The predicted molar refractivity (Wildman–Crippen MR) is 183 cm³/mol. The maximum absolute atomic E-state index is 15.3. The van der Waals surface area contributed by atoms with E-state index in [1.54, 1.807) is 72.8 Å². The van der Waals surface area contributed by atoms with Gasteiger partial charge in [0.2, 0.25) is 0 Å². The number of rotatable bonds is 9. The van der Waals surface area contributed by atoms with Crippen LogP contribution < -0.4 is 15.9 Å². The minimum atomic E-state index is -3.41. The van der Waals surface area contributed by atoms with Gasteiger partial charge in [-0.2, -0.15) is 0 Å². The van der Waals surface area contributed by atoms with Gasteiger partial charge >= 0.3 is 17.9 Å². The van der Waals surface area contributed by atoms with Crippen LogP contribution in [0, 0.1) is 0 Å². The molecule has 0 aliphatic rings. The Balaban J connectivity index is 1.39. The molecule has 0 spiro atoms. The molecule has 0 heterocycles. The molecule has 0 aromatic heterocycles. The minimum Gasteiger partial charge on any atom is -0.478 e. The Morgan fingerprint density at radius 2 is 0.489 bits per heavy atom. The number of benzene rings is 6. The molecule has 230 valence electrons. The Hall–Kier alpha value is -6.04. The van der Waals surface area contributed by atoms with E-state index >= 15 is 4.57 Å². The van der Waals surface area contributed by atoms with Crippen LogP contribution in [0.2, 0.25) is 0 Å². The van der Waals surface area contributed by atoms with Gasteiger partial charge in [0.1, 0.15) is 0 Å². The molecule has 0 bridgehead atoms. The monoisotopic (exact) mass is 638 g/mol. The quantitative estimate of drug-likeness (QED) is 0.141. The van der Waals surface area contributed by atoms with E-state index in [2.05, 4.69) is 0 Å². The molecular weight excluding hydrogens is 611 g/mol. The highest BCUT2D eigenvalue weighted by molar-refractivity contribution is 7.85. The normalized spacial score (nSPS) is 11.1. The summed E-state index contributed by atoms with van der Waals surface area (Å²) >= 11 is 0. The van der Waals surface area contributed by atoms with Gasteiger partial charge in [-0.15, -0.1) is 0 Å². The van der Waals surface area contributed by atoms with Crippen LogP contribution in [0.1, 0.15) is 31.1 Å². The predicted octanol–water partition coefficient (Wildman–Crippen LogP) is 7.42. The van der Waals surface area contributed by atoms with Crippen LogP contribution in [0.3, 0.4) is 0 Å². The molecule has 0 saturated carbocycles. The molecule has 0 saturated heterocycles. The number of hydrogen-bond donors (Lipinski definition) is 3. The summed E-state index contributed by atoms with van der Waals surface area (Å²) in [4.78, 5) is 33.8. The lowest BCUT2D eigenvalue weighted by molar-refractivity contribution is 0.0686. The van der Waals surface area contributed by atoms with Crippen LogP contribution in [-0.2, 0) is 4.57 Å². The average molecular weight is 639 g/mol. The molecule has 47 heavy (non-hydrogen) atoms. The van der Waals surface area contributed by atoms with E-state index in [-0.39, 0.29) is 16.7 Å². The third kappa shape index (κ3) is 6.25. The molecular formula is C39H27O7P. The first-order chi connectivity index (χ1) is 22.6. The molecule has 6 aromatic rings. The van der Waals surface area contributed by atoms with E-state index in [0.717, 1.165) is 33.4 Å². The second-order valence-corrected chi connectivity index (χ2v) is 13.7. The van der Waals surface area contributed by atoms with Crippen molar-refractivity contribution in [1.29, 1.82) is 0 Å². The Labute approximate surface area is 270 Å². The van der Waals surface area contributed by atoms with E-state index in [9.17, 15) is 29.7 Å². The summed E-state index contributed by atoms with van der Waals surface area (Å²) < 4.78 is 15.3. The van der Waals surface area contributed by atoms with Gasteiger partial charge in [-0.05, 0) is 69.8 Å². The first-order valence-corrected chi connectivity index (χ1v) is 16.3. The molecule has 0 aliphatic heterocycles. The number of carboxylic acid groups (broad SMARTS) is 3. The standard InChI is InChI=1S/C39H27O7P/c40-37(41)31-7-1-25(2-8-31)28-13-19-34(20-14-28)47(46,35-21-15-29(16-22-35)26-3-9-32(10-4-26)38(42)43)36-23-17-30(18-24-36)27-5-11-33(12-6-27)39(44)45/h1-24H,(H,40,41)(H,42,43)(H,44,45). The number of carbonyl (C=O) groups is 3. The summed E-state index contributed by atoms with van der Waals surface area (Å²) in [6.45, 7) is 0. The highest BCUT2D eigenvalue weighted by Crippen LogP contribution is 2.43. The molecule has 0 amide bonds. The summed E-state index contributed by atoms with van der Waals surface area (Å²) in [6, 6.07) is 41.9. The van der Waals surface area contributed by atoms with Gasteiger partial charge < -0.3 is 19.9 Å². The summed E-state index contributed by atoms with van der Waals surface area (Å²) in [5.41, 5.74) is 5.59. The lowest BCUT2D eigenvalue weighted by Gasteiger charge is -2.21. The molecule has 3 N–H and O–H groups in total. The van der Waals surface area contributed by atoms with Crippen LogP contribution in [-0.4, -0.2) is 33.2 Å². The van der Waals surface area contributed by atoms with Gasteiger partial charge in [0.25, 0.3) is 0 Å². The highest BCUT2D eigenvalue weighted by atomic mass is 31.2. The smallest absolute Gasteiger partial charge is 0.335 e. The number of aromatic carboxylic acids is 3. The van der Waals surface area contributed by atoms with Crippen molar-refractivity contribution in [2.45, 2.75) is 0 Å². The SMILES string of the molecule is O=C(O)c1ccc(-c2ccc(P(=O)(c3ccc(-c4ccc(C(=O)O)cc4)cc3)c3ccc(-c4ccc(C(=O)O)cc4)cc3)cc2)cc1. The Morgan fingerprint density at radius 1 is 0.319 bits per heavy atom. The van der Waals surface area contributed by atoms with Gasteiger partial charge in [-0.25, -0.2) is 14.4 Å². The molecule has 6 rings (SSSR count). The summed E-state index contributed by atoms with van der Waals surface area (Å²) in [6.07, 6.45) is 0. The first kappa shape index (κ1) is 31.0. The van der Waals surface area contributed by atoms with Crippen LogP contribution in [0.25, 0.3) is 33.4 Å². The van der Waals surface area contributed by atoms with E-state index in [1.807, 2.05) is 72.8 Å². The summed E-state index contributed by atoms with van der Waals surface area (Å²) in [5.74, 6) is -3.00. The second-order valence-electron chi connectivity index (χ2n) is 10.9. The van der Waals surface area contributed by atoms with Gasteiger partial charge in [0, 0.05) is 15.9 Å². The van der Waals surface area contributed by atoms with Crippen molar-refractivity contribution in [2.24, 2.45) is 0 Å². The van der Waals surface area contributed by atoms with Crippen molar-refractivity contribution in [3.05, 3.63) is 162 Å². The maximum Gasteiger partial charge on any atom is 0.335 e. The van der Waals surface area contributed by atoms with Crippen molar-refractivity contribution in [3.63, 3.8) is 0 Å². The fourth-order valence-corrected chi connectivity index (χ4v) is 8.06. The van der Waals surface area contributed by atoms with Gasteiger partial charge in [-0.3, -0.25) is 0 Å². The Kier molecular flexibility index (Phi) is 8.40. The molecule has 7 nitrogen and oxygen atoms in total. The topological polar surface area (TPSA) is 129 Å². The number of hydrogen-bond acceptors (Lipinski definition) is 4. The zero-order valence-electron chi connectivity index (χ0n) is 24.8. The van der Waals surface area contributed by atoms with Crippen molar-refractivity contribution in [2.75, 3.05) is 0 Å². The van der Waals surface area contributed by atoms with Crippen LogP contribution in [0.4, 0.5) is 0 Å². The van der Waals surface area contributed by atoms with Gasteiger partial charge in [-0.1, -0.05) is 109 Å². The lowest BCUT2D eigenvalue weighted by atomic mass is 10.0. The van der Waals surface area contributed by atoms with Crippen molar-refractivity contribution in [3.8, 4) is 33.4 Å². The lowest BCUT2D eigenvalue weighted by Crippen LogP contribution is -2.25. The largest absolute Gasteiger partial charge is 0.478 e. The molecule has 0 aliphatic carbocycles. The molecule has 0 radical (unpaired) electrons. The molecule has 0 unspecified atom stereocenters. The molecule has 0 fully saturated rings. The molecule has 8 heteroatoms. The van der Waals surface area contributed by atoms with Crippen molar-refractivity contribution < 1.29 is 34.3 Å². The maximum atomic E-state index is 15.3. The van der Waals surface area contributed by atoms with E-state index in [4.69, 9.17) is 0 Å². The van der Waals surface area contributed by atoms with Crippen molar-refractivity contribution in [1.82, 2.24) is 0 Å². The van der Waals surface area contributed by atoms with Crippen LogP contribution in [0.15, 0.2) is 146 Å². The first-order valence-electron chi connectivity index (χ1n) is 14.6. The second kappa shape index (κ2) is 12.8. The average Bonchev–Trinajstić information content (AvgIpc) is 3.11. The van der Waals surface area contributed by atoms with E-state index < -0.39 is 25.0 Å². The fourth-order valence-electron chi connectivity index (χ4n) is 5.45. The Morgan fingerprint density at radius 3 is 0.660 bits per heavy atom. The Bertz CT molecular complexity index is 1880. The third-order valence-corrected chi connectivity index (χ3v) is 11.2. The zero-order valence-corrected chi connectivity index (χ0v) is 25.7. The van der Waals surface area contributed by atoms with Crippen molar-refractivity contribution >= 4 is 41.0 Å². The van der Waals surface area contributed by atoms with E-state index in [1.165, 1.54) is 0 Å². The van der Waals surface area contributed by atoms with Crippen LogP contribution in [0.5, 0.6) is 0 Å². The minimum absolute atomic E-state index is 0.192. The fraction of sp³-hybridized carbons (Fsp3) is 0. The third-order valence-electron chi connectivity index (χ3n) is 8.09. The molecule has 0 atom stereocenters. The van der Waals surface area contributed by atoms with E-state index in [0.29, 0.717) is 15.9 Å². The van der Waals surface area contributed by atoms with Gasteiger partial charge in [0.15, 0.2) is 7.14 Å². The highest BCUT2D eigenvalue weighted by Gasteiger charge is 2.30. The molecule has 6 aromatic carbocycles. The summed E-state index contributed by atoms with van der Waals surface area (Å²) in [7, 11) is -3.41. The van der Waals surface area contributed by atoms with Gasteiger partial charge in [0.05, 0.1) is 16.7 Å².